The first kappa shape index (κ1) is 11.4. The van der Waals surface area contributed by atoms with E-state index in [2.05, 4.69) is 6.92 Å². The Morgan fingerprint density at radius 1 is 1.31 bits per heavy atom. The van der Waals surface area contributed by atoms with E-state index in [0.717, 1.165) is 22.5 Å². The maximum absolute atomic E-state index is 12.1. The van der Waals surface area contributed by atoms with Crippen molar-refractivity contribution in [2.45, 2.75) is 26.2 Å². The van der Waals surface area contributed by atoms with Crippen molar-refractivity contribution >= 4 is 24.1 Å². The van der Waals surface area contributed by atoms with Gasteiger partial charge in [0.15, 0.2) is 0 Å². The van der Waals surface area contributed by atoms with Crippen LogP contribution in [0.15, 0.2) is 29.1 Å². The molecule has 0 radical (unpaired) electrons. The van der Waals surface area contributed by atoms with Gasteiger partial charge in [-0.15, -0.1) is 0 Å². The Morgan fingerprint density at radius 2 is 2.06 bits per heavy atom. The molecule has 0 atom stereocenters. The quantitative estimate of drug-likeness (QED) is 0.877. The van der Waals surface area contributed by atoms with Crippen LogP contribution in [0.1, 0.15) is 25.3 Å². The van der Waals surface area contributed by atoms with Crippen molar-refractivity contribution in [1.29, 1.82) is 0 Å². The zero-order chi connectivity index (χ0) is 11.5. The van der Waals surface area contributed by atoms with Crippen molar-refractivity contribution in [1.82, 2.24) is 0 Å². The third-order valence-corrected chi connectivity index (χ3v) is 4.78. The summed E-state index contributed by atoms with van der Waals surface area (Å²) >= 11 is -0.0897. The maximum atomic E-state index is 12.1. The van der Waals surface area contributed by atoms with E-state index in [1.54, 1.807) is 0 Å². The second-order valence-electron chi connectivity index (χ2n) is 3.81. The number of rotatable bonds is 3. The Bertz CT molecular complexity index is 557. The fraction of sp³-hybridized carbons (Fsp3) is 0.308. The van der Waals surface area contributed by atoms with Crippen LogP contribution in [-0.4, -0.2) is 19.6 Å². The fourth-order valence-corrected chi connectivity index (χ4v) is 3.72. The van der Waals surface area contributed by atoms with Crippen LogP contribution in [0.3, 0.4) is 0 Å². The molecule has 0 aliphatic heterocycles. The van der Waals surface area contributed by atoms with Crippen LogP contribution in [0, 0.1) is 0 Å². The fourth-order valence-electron chi connectivity index (χ4n) is 1.74. The third kappa shape index (κ3) is 2.06. The van der Waals surface area contributed by atoms with Gasteiger partial charge in [-0.1, -0.05) is 0 Å². The van der Waals surface area contributed by atoms with Gasteiger partial charge in [-0.2, -0.15) is 0 Å². The Labute approximate surface area is 100 Å². The zero-order valence-corrected chi connectivity index (χ0v) is 10.9. The summed E-state index contributed by atoms with van der Waals surface area (Å²) < 4.78 is 1.32. The van der Waals surface area contributed by atoms with E-state index in [1.165, 1.54) is 0 Å². The van der Waals surface area contributed by atoms with Crippen LogP contribution in [-0.2, 0) is 6.42 Å². The van der Waals surface area contributed by atoms with Gasteiger partial charge in [-0.25, -0.2) is 0 Å². The van der Waals surface area contributed by atoms with Crippen molar-refractivity contribution in [3.8, 4) is 4.62 Å². The number of fused-ring (bicyclic) bond motifs is 1. The van der Waals surface area contributed by atoms with E-state index >= 15 is 0 Å². The van der Waals surface area contributed by atoms with Gasteiger partial charge >= 0.3 is 100 Å². The molecule has 0 bridgehead atoms. The third-order valence-electron chi connectivity index (χ3n) is 2.65. The molecule has 0 saturated heterocycles. The van der Waals surface area contributed by atoms with Crippen LogP contribution in [0.5, 0.6) is 4.62 Å². The van der Waals surface area contributed by atoms with Gasteiger partial charge in [0.05, 0.1) is 0 Å². The van der Waals surface area contributed by atoms with E-state index in [1.807, 2.05) is 24.3 Å². The second-order valence-corrected chi connectivity index (χ2v) is 5.98. The molecule has 1 heterocycles. The molecule has 1 N–H and O–H groups in total. The summed E-state index contributed by atoms with van der Waals surface area (Å²) in [4.78, 5) is 12.1. The molecule has 1 aromatic carbocycles. The van der Waals surface area contributed by atoms with Crippen LogP contribution < -0.4 is 5.43 Å². The van der Waals surface area contributed by atoms with Gasteiger partial charge in [0.25, 0.3) is 0 Å². The summed E-state index contributed by atoms with van der Waals surface area (Å²) in [5.41, 5.74) is 0.662. The molecule has 0 spiro atoms. The topological polar surface area (TPSA) is 37.3 Å². The van der Waals surface area contributed by atoms with Gasteiger partial charge in [0.2, 0.25) is 0 Å². The number of benzene rings is 1. The van der Waals surface area contributed by atoms with Gasteiger partial charge in [0, 0.05) is 0 Å². The molecule has 2 rings (SSSR count). The summed E-state index contributed by atoms with van der Waals surface area (Å²) in [5.74, 6) is 0. The molecule has 0 saturated carbocycles. The van der Waals surface area contributed by atoms with Gasteiger partial charge < -0.3 is 0 Å². The molecular formula is C13H14O2Se. The standard InChI is InChI=1S/C13H14O2Se/c1-2-3-6-10-12(14)9-7-4-5-8-11(9)16-13(10)15/h4-5,7-8,15H,2-3,6H2,1H3. The van der Waals surface area contributed by atoms with E-state index in [-0.39, 0.29) is 19.9 Å². The Kier molecular flexibility index (Phi) is 3.47. The van der Waals surface area contributed by atoms with Crippen LogP contribution in [0.25, 0.3) is 9.65 Å². The molecule has 2 nitrogen and oxygen atoms in total. The van der Waals surface area contributed by atoms with Crippen molar-refractivity contribution < 1.29 is 5.11 Å². The number of unbranched alkanes of at least 4 members (excludes halogenated alkanes) is 1. The van der Waals surface area contributed by atoms with Crippen molar-refractivity contribution in [3.63, 3.8) is 0 Å². The van der Waals surface area contributed by atoms with Crippen molar-refractivity contribution in [2.24, 2.45) is 0 Å². The monoisotopic (exact) mass is 282 g/mol. The number of aromatic hydroxyl groups is 1. The van der Waals surface area contributed by atoms with E-state index < -0.39 is 0 Å². The van der Waals surface area contributed by atoms with Crippen LogP contribution >= 0.6 is 0 Å². The first-order chi connectivity index (χ1) is 7.74. The zero-order valence-electron chi connectivity index (χ0n) is 9.19. The molecule has 1 aromatic heterocycles. The average Bonchev–Trinajstić information content (AvgIpc) is 2.29. The molecule has 16 heavy (non-hydrogen) atoms. The summed E-state index contributed by atoms with van der Waals surface area (Å²) in [6, 6.07) is 7.59. The van der Waals surface area contributed by atoms with Gasteiger partial charge in [-0.3, -0.25) is 0 Å². The number of hydrogen-bond donors (Lipinski definition) is 1. The molecule has 0 aliphatic carbocycles. The molecule has 0 unspecified atom stereocenters. The Hall–Kier alpha value is -1.05. The summed E-state index contributed by atoms with van der Waals surface area (Å²) in [6.45, 7) is 2.09. The van der Waals surface area contributed by atoms with E-state index in [4.69, 9.17) is 0 Å². The molecule has 3 heteroatoms. The minimum absolute atomic E-state index is 0.0228. The van der Waals surface area contributed by atoms with Crippen molar-refractivity contribution in [3.05, 3.63) is 40.1 Å². The summed E-state index contributed by atoms with van der Waals surface area (Å²) in [7, 11) is 0. The molecule has 0 aliphatic rings. The second kappa shape index (κ2) is 4.86. The normalized spacial score (nSPS) is 10.8. The summed E-state index contributed by atoms with van der Waals surface area (Å²) in [5, 5.41) is 10.7. The van der Waals surface area contributed by atoms with Crippen LogP contribution in [0.4, 0.5) is 0 Å². The van der Waals surface area contributed by atoms with E-state index in [9.17, 15) is 9.90 Å². The first-order valence-corrected chi connectivity index (χ1v) is 7.19. The van der Waals surface area contributed by atoms with Gasteiger partial charge in [-0.05, 0) is 0 Å². The van der Waals surface area contributed by atoms with E-state index in [0.29, 0.717) is 16.6 Å². The Morgan fingerprint density at radius 3 is 2.81 bits per heavy atom. The summed E-state index contributed by atoms with van der Waals surface area (Å²) in [6.07, 6.45) is 2.71. The predicted octanol–water partition coefficient (Wildman–Crippen LogP) is 2.31. The minimum atomic E-state index is -0.0897. The predicted molar refractivity (Wildman–Crippen MR) is 67.4 cm³/mol. The molecule has 0 fully saturated rings. The number of hydrogen-bond acceptors (Lipinski definition) is 2. The molecule has 2 aromatic rings. The molecular weight excluding hydrogens is 267 g/mol. The SMILES string of the molecule is CCCCc1c(O)[se]c2ccccc2c1=O. The van der Waals surface area contributed by atoms with Crippen molar-refractivity contribution in [2.75, 3.05) is 0 Å². The average molecular weight is 281 g/mol. The molecule has 0 amide bonds. The first-order valence-electron chi connectivity index (χ1n) is 5.47. The Balaban J connectivity index is 2.61. The van der Waals surface area contributed by atoms with Gasteiger partial charge in [0.1, 0.15) is 0 Å². The molecule has 84 valence electrons. The van der Waals surface area contributed by atoms with Crippen LogP contribution in [0.2, 0.25) is 0 Å².